The van der Waals surface area contributed by atoms with Crippen LogP contribution in [0.1, 0.15) is 17.2 Å². The number of rotatable bonds is 4. The van der Waals surface area contributed by atoms with Gasteiger partial charge in [-0.25, -0.2) is 0 Å². The van der Waals surface area contributed by atoms with Gasteiger partial charge in [0.1, 0.15) is 0 Å². The fraction of sp³-hybridized carbons (Fsp3) is 0.368. The molecule has 0 bridgehead atoms. The third-order valence-electron chi connectivity index (χ3n) is 4.71. The number of fused-ring (bicyclic) bond motifs is 3. The molecule has 4 rings (SSSR count). The average molecular weight is 294 g/mol. The molecule has 3 nitrogen and oxygen atoms in total. The van der Waals surface area contributed by atoms with E-state index in [1.54, 1.807) is 0 Å². The summed E-state index contributed by atoms with van der Waals surface area (Å²) >= 11 is 0. The maximum Gasteiger partial charge on any atom is 0.0594 e. The zero-order chi connectivity index (χ0) is 14.8. The first kappa shape index (κ1) is 13.9. The number of morpholine rings is 1. The lowest BCUT2D eigenvalue weighted by Gasteiger charge is -2.27. The van der Waals surface area contributed by atoms with Crippen LogP contribution in [0.2, 0.25) is 0 Å². The number of nitrogens with one attached hydrogen (secondary N) is 1. The first-order chi connectivity index (χ1) is 10.9. The molecule has 0 radical (unpaired) electrons. The molecule has 3 heteroatoms. The largest absolute Gasteiger partial charge is 0.379 e. The zero-order valence-electron chi connectivity index (χ0n) is 12.8. The molecule has 0 unspecified atom stereocenters. The van der Waals surface area contributed by atoms with Gasteiger partial charge in [0.15, 0.2) is 0 Å². The van der Waals surface area contributed by atoms with Crippen molar-refractivity contribution >= 4 is 0 Å². The van der Waals surface area contributed by atoms with E-state index in [9.17, 15) is 0 Å². The molecule has 0 aromatic heterocycles. The SMILES string of the molecule is c1ccc2c(c1)-c1ccccc1C2NCCN1CCOCC1. The van der Waals surface area contributed by atoms with Crippen molar-refractivity contribution in [2.75, 3.05) is 39.4 Å². The molecule has 1 aliphatic heterocycles. The molecule has 0 amide bonds. The van der Waals surface area contributed by atoms with E-state index in [0.29, 0.717) is 6.04 Å². The topological polar surface area (TPSA) is 24.5 Å². The van der Waals surface area contributed by atoms with E-state index < -0.39 is 0 Å². The highest BCUT2D eigenvalue weighted by Gasteiger charge is 2.27. The Bertz CT molecular complexity index is 604. The summed E-state index contributed by atoms with van der Waals surface area (Å²) < 4.78 is 5.41. The Labute approximate surface area is 131 Å². The van der Waals surface area contributed by atoms with Gasteiger partial charge in [-0.3, -0.25) is 4.90 Å². The van der Waals surface area contributed by atoms with Crippen molar-refractivity contribution in [1.82, 2.24) is 10.2 Å². The Morgan fingerprint density at radius 1 is 0.909 bits per heavy atom. The highest BCUT2D eigenvalue weighted by Crippen LogP contribution is 2.42. The van der Waals surface area contributed by atoms with Gasteiger partial charge < -0.3 is 10.1 Å². The van der Waals surface area contributed by atoms with E-state index in [1.165, 1.54) is 22.3 Å². The van der Waals surface area contributed by atoms with Crippen LogP contribution in [0.4, 0.5) is 0 Å². The first-order valence-corrected chi connectivity index (χ1v) is 8.15. The average Bonchev–Trinajstić information content (AvgIpc) is 2.91. The summed E-state index contributed by atoms with van der Waals surface area (Å²) in [5.74, 6) is 0. The molecule has 1 fully saturated rings. The number of benzene rings is 2. The van der Waals surface area contributed by atoms with Crippen LogP contribution in [0.25, 0.3) is 11.1 Å². The maximum absolute atomic E-state index is 5.41. The zero-order valence-corrected chi connectivity index (χ0v) is 12.8. The molecule has 114 valence electrons. The quantitative estimate of drug-likeness (QED) is 0.938. The summed E-state index contributed by atoms with van der Waals surface area (Å²) in [4.78, 5) is 2.48. The smallest absolute Gasteiger partial charge is 0.0594 e. The van der Waals surface area contributed by atoms with Crippen LogP contribution in [0.3, 0.4) is 0 Å². The lowest BCUT2D eigenvalue weighted by molar-refractivity contribution is 0.0382. The van der Waals surface area contributed by atoms with Crippen LogP contribution in [0.15, 0.2) is 48.5 Å². The van der Waals surface area contributed by atoms with Gasteiger partial charge >= 0.3 is 0 Å². The van der Waals surface area contributed by atoms with Crippen LogP contribution >= 0.6 is 0 Å². The van der Waals surface area contributed by atoms with E-state index >= 15 is 0 Å². The van der Waals surface area contributed by atoms with Crippen molar-refractivity contribution in [2.45, 2.75) is 6.04 Å². The second-order valence-corrected chi connectivity index (χ2v) is 6.02. The summed E-state index contributed by atoms with van der Waals surface area (Å²) in [5, 5.41) is 3.76. The first-order valence-electron chi connectivity index (χ1n) is 8.15. The van der Waals surface area contributed by atoms with Crippen LogP contribution in [0, 0.1) is 0 Å². The van der Waals surface area contributed by atoms with E-state index in [1.807, 2.05) is 0 Å². The van der Waals surface area contributed by atoms with Gasteiger partial charge in [0.05, 0.1) is 19.3 Å². The number of hydrogen-bond donors (Lipinski definition) is 1. The van der Waals surface area contributed by atoms with Crippen molar-refractivity contribution in [2.24, 2.45) is 0 Å². The third-order valence-corrected chi connectivity index (χ3v) is 4.71. The van der Waals surface area contributed by atoms with Crippen LogP contribution in [-0.2, 0) is 4.74 Å². The van der Waals surface area contributed by atoms with E-state index in [2.05, 4.69) is 58.7 Å². The molecule has 0 atom stereocenters. The van der Waals surface area contributed by atoms with Gasteiger partial charge in [0.25, 0.3) is 0 Å². The third kappa shape index (κ3) is 2.56. The summed E-state index contributed by atoms with van der Waals surface area (Å²) in [6.45, 7) is 5.95. The van der Waals surface area contributed by atoms with Crippen molar-refractivity contribution in [1.29, 1.82) is 0 Å². The van der Waals surface area contributed by atoms with Gasteiger partial charge in [0.2, 0.25) is 0 Å². The molecule has 2 aliphatic rings. The molecule has 2 aromatic rings. The summed E-state index contributed by atoms with van der Waals surface area (Å²) in [6, 6.07) is 17.8. The Morgan fingerprint density at radius 3 is 2.14 bits per heavy atom. The van der Waals surface area contributed by atoms with Gasteiger partial charge in [-0.2, -0.15) is 0 Å². The molecule has 1 aliphatic carbocycles. The molecule has 22 heavy (non-hydrogen) atoms. The standard InChI is InChI=1S/C19H22N2O/c1-3-7-17-15(5-1)16-6-2-4-8-18(16)19(17)20-9-10-21-11-13-22-14-12-21/h1-8,19-20H,9-14H2. The molecule has 1 heterocycles. The minimum atomic E-state index is 0.327. The minimum absolute atomic E-state index is 0.327. The monoisotopic (exact) mass is 294 g/mol. The maximum atomic E-state index is 5.41. The van der Waals surface area contributed by atoms with E-state index in [-0.39, 0.29) is 0 Å². The van der Waals surface area contributed by atoms with Crippen molar-refractivity contribution < 1.29 is 4.74 Å². The molecular weight excluding hydrogens is 272 g/mol. The summed E-state index contributed by atoms with van der Waals surface area (Å²) in [7, 11) is 0. The number of hydrogen-bond acceptors (Lipinski definition) is 3. The molecule has 2 aromatic carbocycles. The van der Waals surface area contributed by atoms with Gasteiger partial charge in [0, 0.05) is 26.2 Å². The predicted octanol–water partition coefficient (Wildman–Crippen LogP) is 2.68. The fourth-order valence-corrected chi connectivity index (χ4v) is 3.57. The van der Waals surface area contributed by atoms with Crippen molar-refractivity contribution in [3.63, 3.8) is 0 Å². The lowest BCUT2D eigenvalue weighted by atomic mass is 10.1. The fourth-order valence-electron chi connectivity index (χ4n) is 3.57. The van der Waals surface area contributed by atoms with Gasteiger partial charge in [-0.05, 0) is 22.3 Å². The highest BCUT2D eigenvalue weighted by atomic mass is 16.5. The van der Waals surface area contributed by atoms with Gasteiger partial charge in [-0.1, -0.05) is 48.5 Å². The lowest BCUT2D eigenvalue weighted by Crippen LogP contribution is -2.40. The van der Waals surface area contributed by atoms with Gasteiger partial charge in [-0.15, -0.1) is 0 Å². The predicted molar refractivity (Wildman–Crippen MR) is 89.0 cm³/mol. The second kappa shape index (κ2) is 6.21. The van der Waals surface area contributed by atoms with Crippen LogP contribution < -0.4 is 5.32 Å². The van der Waals surface area contributed by atoms with Crippen molar-refractivity contribution in [3.05, 3.63) is 59.7 Å². The Kier molecular flexibility index (Phi) is 3.94. The molecule has 0 spiro atoms. The summed E-state index contributed by atoms with van der Waals surface area (Å²) in [5.41, 5.74) is 5.57. The van der Waals surface area contributed by atoms with Crippen LogP contribution in [0.5, 0.6) is 0 Å². The second-order valence-electron chi connectivity index (χ2n) is 6.02. The normalized spacial score (nSPS) is 18.2. The molecule has 1 saturated heterocycles. The molecule has 1 N–H and O–H groups in total. The Morgan fingerprint density at radius 2 is 1.50 bits per heavy atom. The van der Waals surface area contributed by atoms with E-state index in [4.69, 9.17) is 4.74 Å². The Hall–Kier alpha value is -1.68. The van der Waals surface area contributed by atoms with E-state index in [0.717, 1.165) is 39.4 Å². The molecule has 0 saturated carbocycles. The number of ether oxygens (including phenoxy) is 1. The minimum Gasteiger partial charge on any atom is -0.379 e. The van der Waals surface area contributed by atoms with Crippen LogP contribution in [-0.4, -0.2) is 44.3 Å². The number of nitrogens with zero attached hydrogens (tertiary/aromatic N) is 1. The molecular formula is C19H22N2O. The van der Waals surface area contributed by atoms with Crippen molar-refractivity contribution in [3.8, 4) is 11.1 Å². The Balaban J connectivity index is 1.49. The highest BCUT2D eigenvalue weighted by molar-refractivity contribution is 5.78. The summed E-state index contributed by atoms with van der Waals surface area (Å²) in [6.07, 6.45) is 0.